The van der Waals surface area contributed by atoms with Crippen molar-refractivity contribution in [3.63, 3.8) is 0 Å². The molecule has 2 aliphatic rings. The highest BCUT2D eigenvalue weighted by molar-refractivity contribution is 5.83. The van der Waals surface area contributed by atoms with Crippen LogP contribution in [0.5, 0.6) is 0 Å². The van der Waals surface area contributed by atoms with Gasteiger partial charge in [-0.3, -0.25) is 4.79 Å². The molecular formula is C18H27N3O2. The number of piperidine rings is 1. The van der Waals surface area contributed by atoms with Crippen LogP contribution in [-0.4, -0.2) is 56.7 Å². The van der Waals surface area contributed by atoms with Gasteiger partial charge in [-0.25, -0.2) is 0 Å². The number of hydrogen-bond acceptors (Lipinski definition) is 4. The first-order chi connectivity index (χ1) is 11.2. The first kappa shape index (κ1) is 16.1. The summed E-state index contributed by atoms with van der Waals surface area (Å²) < 4.78 is 5.42. The third-order valence-corrected chi connectivity index (χ3v) is 4.82. The average Bonchev–Trinajstić information content (AvgIpc) is 2.61. The lowest BCUT2D eigenvalue weighted by atomic mass is 9.99. The van der Waals surface area contributed by atoms with Crippen LogP contribution in [0.25, 0.3) is 0 Å². The highest BCUT2D eigenvalue weighted by atomic mass is 16.5. The Hall–Kier alpha value is -1.75. The van der Waals surface area contributed by atoms with Gasteiger partial charge in [-0.15, -0.1) is 0 Å². The minimum atomic E-state index is 0.202. The monoisotopic (exact) mass is 317 g/mol. The fourth-order valence-corrected chi connectivity index (χ4v) is 3.24. The van der Waals surface area contributed by atoms with Crippen molar-refractivity contribution in [3.8, 4) is 0 Å². The van der Waals surface area contributed by atoms with Crippen molar-refractivity contribution in [1.82, 2.24) is 4.90 Å². The minimum absolute atomic E-state index is 0.202. The number of carbonyl (C=O) groups excluding carboxylic acids is 1. The number of para-hydroxylation sites is 2. The SMILES string of the molecule is CC1CCN(C(=O)CNc2ccccc2N2CCOCC2)CC1. The van der Waals surface area contributed by atoms with E-state index in [-0.39, 0.29) is 5.91 Å². The number of anilines is 2. The van der Waals surface area contributed by atoms with Gasteiger partial charge in [0.1, 0.15) is 0 Å². The van der Waals surface area contributed by atoms with Crippen LogP contribution >= 0.6 is 0 Å². The molecule has 2 saturated heterocycles. The lowest BCUT2D eigenvalue weighted by molar-refractivity contribution is -0.130. The smallest absolute Gasteiger partial charge is 0.241 e. The summed E-state index contributed by atoms with van der Waals surface area (Å²) in [5, 5.41) is 3.35. The van der Waals surface area contributed by atoms with E-state index in [2.05, 4.69) is 29.3 Å². The van der Waals surface area contributed by atoms with E-state index in [4.69, 9.17) is 4.74 Å². The van der Waals surface area contributed by atoms with E-state index in [1.165, 1.54) is 0 Å². The summed E-state index contributed by atoms with van der Waals surface area (Å²) in [7, 11) is 0. The van der Waals surface area contributed by atoms with Gasteiger partial charge in [0.25, 0.3) is 0 Å². The van der Waals surface area contributed by atoms with E-state index >= 15 is 0 Å². The van der Waals surface area contributed by atoms with Crippen LogP contribution < -0.4 is 10.2 Å². The Balaban J connectivity index is 1.58. The highest BCUT2D eigenvalue weighted by Crippen LogP contribution is 2.26. The lowest BCUT2D eigenvalue weighted by Gasteiger charge is -2.32. The van der Waals surface area contributed by atoms with E-state index in [0.29, 0.717) is 6.54 Å². The molecule has 0 saturated carbocycles. The number of morpholine rings is 1. The predicted molar refractivity (Wildman–Crippen MR) is 92.9 cm³/mol. The molecule has 0 spiro atoms. The van der Waals surface area contributed by atoms with Gasteiger partial charge >= 0.3 is 0 Å². The van der Waals surface area contributed by atoms with Crippen LogP contribution in [0.2, 0.25) is 0 Å². The molecule has 1 aromatic carbocycles. The maximum absolute atomic E-state index is 12.4. The molecule has 0 aromatic heterocycles. The molecule has 1 amide bonds. The third kappa shape index (κ3) is 4.16. The van der Waals surface area contributed by atoms with Gasteiger partial charge in [-0.2, -0.15) is 0 Å². The zero-order valence-electron chi connectivity index (χ0n) is 14.0. The average molecular weight is 317 g/mol. The van der Waals surface area contributed by atoms with E-state index < -0.39 is 0 Å². The fourth-order valence-electron chi connectivity index (χ4n) is 3.24. The molecule has 5 nitrogen and oxygen atoms in total. The van der Waals surface area contributed by atoms with Gasteiger partial charge < -0.3 is 19.9 Å². The van der Waals surface area contributed by atoms with Crippen LogP contribution in [0.15, 0.2) is 24.3 Å². The Morgan fingerprint density at radius 2 is 1.87 bits per heavy atom. The standard InChI is InChI=1S/C18H27N3O2/c1-15-6-8-21(9-7-15)18(22)14-19-16-4-2-3-5-17(16)20-10-12-23-13-11-20/h2-5,15,19H,6-14H2,1H3. The van der Waals surface area contributed by atoms with Crippen molar-refractivity contribution in [3.05, 3.63) is 24.3 Å². The first-order valence-electron chi connectivity index (χ1n) is 8.67. The molecule has 3 rings (SSSR count). The molecule has 2 fully saturated rings. The van der Waals surface area contributed by atoms with Crippen LogP contribution in [0.3, 0.4) is 0 Å². The Kier molecular flexibility index (Phi) is 5.39. The van der Waals surface area contributed by atoms with Crippen molar-refractivity contribution in [2.24, 2.45) is 5.92 Å². The van der Waals surface area contributed by atoms with Crippen molar-refractivity contribution in [1.29, 1.82) is 0 Å². The number of benzene rings is 1. The molecule has 0 aliphatic carbocycles. The zero-order chi connectivity index (χ0) is 16.1. The van der Waals surface area contributed by atoms with Crippen LogP contribution in [0.4, 0.5) is 11.4 Å². The number of likely N-dealkylation sites (tertiary alicyclic amines) is 1. The molecule has 0 atom stereocenters. The summed E-state index contributed by atoms with van der Waals surface area (Å²) in [5.74, 6) is 0.947. The molecule has 0 unspecified atom stereocenters. The normalized spacial score (nSPS) is 19.7. The molecule has 2 heterocycles. The maximum Gasteiger partial charge on any atom is 0.241 e. The number of nitrogens with zero attached hydrogens (tertiary/aromatic N) is 2. The molecule has 126 valence electrons. The number of ether oxygens (including phenoxy) is 1. The summed E-state index contributed by atoms with van der Waals surface area (Å²) >= 11 is 0. The molecule has 2 aliphatic heterocycles. The van der Waals surface area contributed by atoms with E-state index in [9.17, 15) is 4.79 Å². The van der Waals surface area contributed by atoms with E-state index in [1.54, 1.807) is 0 Å². The molecular weight excluding hydrogens is 290 g/mol. The maximum atomic E-state index is 12.4. The van der Waals surface area contributed by atoms with Gasteiger partial charge in [-0.1, -0.05) is 19.1 Å². The third-order valence-electron chi connectivity index (χ3n) is 4.82. The zero-order valence-corrected chi connectivity index (χ0v) is 14.0. The van der Waals surface area contributed by atoms with Gasteiger partial charge in [-0.05, 0) is 30.9 Å². The van der Waals surface area contributed by atoms with E-state index in [1.807, 2.05) is 17.0 Å². The van der Waals surface area contributed by atoms with Crippen molar-refractivity contribution < 1.29 is 9.53 Å². The van der Waals surface area contributed by atoms with Gasteiger partial charge in [0.05, 0.1) is 31.1 Å². The Bertz CT molecular complexity index is 521. The molecule has 0 radical (unpaired) electrons. The summed E-state index contributed by atoms with van der Waals surface area (Å²) in [6.45, 7) is 7.75. The second kappa shape index (κ2) is 7.68. The molecule has 23 heavy (non-hydrogen) atoms. The molecule has 5 heteroatoms. The summed E-state index contributed by atoms with van der Waals surface area (Å²) in [6.07, 6.45) is 2.24. The van der Waals surface area contributed by atoms with Crippen LogP contribution in [0, 0.1) is 5.92 Å². The van der Waals surface area contributed by atoms with Crippen LogP contribution in [-0.2, 0) is 9.53 Å². The number of hydrogen-bond donors (Lipinski definition) is 1. The Morgan fingerprint density at radius 1 is 1.17 bits per heavy atom. The lowest BCUT2D eigenvalue weighted by Crippen LogP contribution is -2.41. The van der Waals surface area contributed by atoms with Gasteiger partial charge in [0, 0.05) is 26.2 Å². The quantitative estimate of drug-likeness (QED) is 0.925. The Labute approximate surface area is 138 Å². The number of rotatable bonds is 4. The van der Waals surface area contributed by atoms with Crippen molar-refractivity contribution in [2.75, 3.05) is 56.2 Å². The topological polar surface area (TPSA) is 44.8 Å². The second-order valence-electron chi connectivity index (χ2n) is 6.53. The molecule has 1 N–H and O–H groups in total. The second-order valence-corrected chi connectivity index (χ2v) is 6.53. The predicted octanol–water partition coefficient (Wildman–Crippen LogP) is 2.19. The number of carbonyl (C=O) groups is 1. The molecule has 0 bridgehead atoms. The molecule has 1 aromatic rings. The first-order valence-corrected chi connectivity index (χ1v) is 8.67. The highest BCUT2D eigenvalue weighted by Gasteiger charge is 2.20. The largest absolute Gasteiger partial charge is 0.378 e. The van der Waals surface area contributed by atoms with E-state index in [0.717, 1.165) is 69.5 Å². The summed E-state index contributed by atoms with van der Waals surface area (Å²) in [6, 6.07) is 8.22. The van der Waals surface area contributed by atoms with Crippen LogP contribution in [0.1, 0.15) is 19.8 Å². The number of nitrogens with one attached hydrogen (secondary N) is 1. The van der Waals surface area contributed by atoms with Gasteiger partial charge in [0.2, 0.25) is 5.91 Å². The van der Waals surface area contributed by atoms with Crippen molar-refractivity contribution >= 4 is 17.3 Å². The summed E-state index contributed by atoms with van der Waals surface area (Å²) in [4.78, 5) is 16.7. The Morgan fingerprint density at radius 3 is 2.61 bits per heavy atom. The minimum Gasteiger partial charge on any atom is -0.378 e. The summed E-state index contributed by atoms with van der Waals surface area (Å²) in [5.41, 5.74) is 2.20. The van der Waals surface area contributed by atoms with Gasteiger partial charge in [0.15, 0.2) is 0 Å². The van der Waals surface area contributed by atoms with Crippen molar-refractivity contribution in [2.45, 2.75) is 19.8 Å². The number of amides is 1. The fraction of sp³-hybridized carbons (Fsp3) is 0.611.